The van der Waals surface area contributed by atoms with E-state index in [9.17, 15) is 14.4 Å². The average molecular weight is 683 g/mol. The monoisotopic (exact) mass is 682 g/mol. The van der Waals surface area contributed by atoms with E-state index in [0.29, 0.717) is 58.5 Å². The summed E-state index contributed by atoms with van der Waals surface area (Å²) in [6.45, 7) is 5.90. The van der Waals surface area contributed by atoms with Gasteiger partial charge in [0.15, 0.2) is 0 Å². The number of carbonyl (C=O) groups excluding carboxylic acids is 3. The highest BCUT2D eigenvalue weighted by atomic mass is 35.5. The summed E-state index contributed by atoms with van der Waals surface area (Å²) in [5.41, 5.74) is 2.74. The first-order valence-corrected chi connectivity index (χ1v) is 15.8. The largest absolute Gasteiger partial charge is 0.497 e. The van der Waals surface area contributed by atoms with Gasteiger partial charge in [-0.25, -0.2) is 0 Å². The van der Waals surface area contributed by atoms with Gasteiger partial charge in [0.2, 0.25) is 5.91 Å². The van der Waals surface area contributed by atoms with Crippen LogP contribution in [0.4, 0.5) is 11.4 Å². The minimum absolute atomic E-state index is 0. The Kier molecular flexibility index (Phi) is 14.4. The summed E-state index contributed by atoms with van der Waals surface area (Å²) in [5, 5.41) is 2.84. The Morgan fingerprint density at radius 1 is 0.812 bits per heavy atom. The number of methoxy groups -OCH3 is 3. The molecule has 1 aliphatic heterocycles. The minimum Gasteiger partial charge on any atom is -0.497 e. The molecule has 0 bridgehead atoms. The van der Waals surface area contributed by atoms with Crippen LogP contribution in [0.2, 0.25) is 0 Å². The van der Waals surface area contributed by atoms with Gasteiger partial charge in [-0.2, -0.15) is 0 Å². The number of nitrogens with one attached hydrogen (secondary N) is 1. The molecule has 0 unspecified atom stereocenters. The Morgan fingerprint density at radius 2 is 1.54 bits per heavy atom. The highest BCUT2D eigenvalue weighted by molar-refractivity contribution is 6.09. The molecular weight excluding hydrogens is 636 g/mol. The summed E-state index contributed by atoms with van der Waals surface area (Å²) in [5.74, 6) is 1.42. The lowest BCUT2D eigenvalue weighted by molar-refractivity contribution is -0.132. The van der Waals surface area contributed by atoms with Crippen molar-refractivity contribution in [1.82, 2.24) is 9.80 Å². The van der Waals surface area contributed by atoms with E-state index in [-0.39, 0.29) is 24.2 Å². The maximum atomic E-state index is 13.6. The standard InChI is InChI=1S/C36H46N4O7.ClH/c1-25-11-16-30(33(22-25)47-21-9-7-8-10-34(41)40-19-17-38(2)18-20-40)39(3)36(43)26-12-15-29(32(23-26)46-6)37-35(42)28-14-13-27(44-4)24-31(28)45-5;/h11-16,22-24H,7-10,17-21H2,1-6H3,(H,37,42);1H. The number of nitrogens with zero attached hydrogens (tertiary/aromatic N) is 3. The Morgan fingerprint density at radius 3 is 2.23 bits per heavy atom. The first-order chi connectivity index (χ1) is 22.6. The summed E-state index contributed by atoms with van der Waals surface area (Å²) >= 11 is 0. The van der Waals surface area contributed by atoms with Gasteiger partial charge >= 0.3 is 0 Å². The van der Waals surface area contributed by atoms with E-state index in [1.807, 2.05) is 30.0 Å². The summed E-state index contributed by atoms with van der Waals surface area (Å²) in [4.78, 5) is 45.0. The van der Waals surface area contributed by atoms with Crippen LogP contribution in [0.15, 0.2) is 54.6 Å². The maximum absolute atomic E-state index is 13.6. The van der Waals surface area contributed by atoms with Gasteiger partial charge in [0.1, 0.15) is 23.0 Å². The number of ether oxygens (including phenoxy) is 4. The van der Waals surface area contributed by atoms with Crippen molar-refractivity contribution < 1.29 is 33.3 Å². The number of benzene rings is 3. The molecule has 1 N–H and O–H groups in total. The smallest absolute Gasteiger partial charge is 0.259 e. The predicted molar refractivity (Wildman–Crippen MR) is 190 cm³/mol. The number of halogens is 1. The number of carbonyl (C=O) groups is 3. The average Bonchev–Trinajstić information content (AvgIpc) is 3.09. The van der Waals surface area contributed by atoms with Gasteiger partial charge in [-0.15, -0.1) is 12.4 Å². The molecule has 1 fully saturated rings. The first-order valence-electron chi connectivity index (χ1n) is 15.8. The van der Waals surface area contributed by atoms with Gasteiger partial charge in [-0.1, -0.05) is 6.07 Å². The first kappa shape index (κ1) is 38.0. The molecule has 3 aromatic rings. The normalized spacial score (nSPS) is 12.8. The molecule has 1 heterocycles. The van der Waals surface area contributed by atoms with Crippen molar-refractivity contribution in [3.05, 3.63) is 71.3 Å². The molecule has 48 heavy (non-hydrogen) atoms. The second-order valence-corrected chi connectivity index (χ2v) is 11.6. The van der Waals surface area contributed by atoms with E-state index in [1.165, 1.54) is 21.3 Å². The second-order valence-electron chi connectivity index (χ2n) is 11.6. The van der Waals surface area contributed by atoms with Crippen LogP contribution in [-0.2, 0) is 4.79 Å². The van der Waals surface area contributed by atoms with Crippen LogP contribution >= 0.6 is 12.4 Å². The topological polar surface area (TPSA) is 110 Å². The molecule has 0 atom stereocenters. The third-order valence-corrected chi connectivity index (χ3v) is 8.28. The van der Waals surface area contributed by atoms with Crippen molar-refractivity contribution in [3.8, 4) is 23.0 Å². The fourth-order valence-electron chi connectivity index (χ4n) is 5.37. The van der Waals surface area contributed by atoms with Crippen LogP contribution in [0.5, 0.6) is 23.0 Å². The zero-order valence-electron chi connectivity index (χ0n) is 28.7. The van der Waals surface area contributed by atoms with E-state index in [4.69, 9.17) is 18.9 Å². The number of aryl methyl sites for hydroxylation is 1. The molecule has 1 aliphatic rings. The van der Waals surface area contributed by atoms with Crippen LogP contribution in [0.25, 0.3) is 0 Å². The lowest BCUT2D eigenvalue weighted by atomic mass is 10.1. The minimum atomic E-state index is -0.401. The number of likely N-dealkylation sites (N-methyl/N-ethyl adjacent to an activating group) is 1. The number of rotatable bonds is 14. The third-order valence-electron chi connectivity index (χ3n) is 8.28. The molecule has 0 spiro atoms. The zero-order valence-corrected chi connectivity index (χ0v) is 29.5. The fourth-order valence-corrected chi connectivity index (χ4v) is 5.37. The van der Waals surface area contributed by atoms with Crippen molar-refractivity contribution in [3.63, 3.8) is 0 Å². The quantitative estimate of drug-likeness (QED) is 0.216. The third kappa shape index (κ3) is 9.77. The van der Waals surface area contributed by atoms with Crippen LogP contribution < -0.4 is 29.2 Å². The molecule has 0 radical (unpaired) electrons. The van der Waals surface area contributed by atoms with Crippen LogP contribution in [0, 0.1) is 6.92 Å². The molecule has 4 rings (SSSR count). The second kappa shape index (κ2) is 18.2. The van der Waals surface area contributed by atoms with E-state index < -0.39 is 5.91 Å². The van der Waals surface area contributed by atoms with Gasteiger partial charge in [0.05, 0.1) is 44.9 Å². The highest BCUT2D eigenvalue weighted by Crippen LogP contribution is 2.33. The van der Waals surface area contributed by atoms with Gasteiger partial charge in [-0.3, -0.25) is 14.4 Å². The lowest BCUT2D eigenvalue weighted by Gasteiger charge is -2.32. The van der Waals surface area contributed by atoms with Gasteiger partial charge in [-0.05, 0) is 81.3 Å². The van der Waals surface area contributed by atoms with Crippen molar-refractivity contribution in [1.29, 1.82) is 0 Å². The number of hydrogen-bond donors (Lipinski definition) is 1. The Balaban J connectivity index is 0.00000625. The molecule has 12 heteroatoms. The Hall–Kier alpha value is -4.48. The predicted octanol–water partition coefficient (Wildman–Crippen LogP) is 5.68. The summed E-state index contributed by atoms with van der Waals surface area (Å²) in [6.07, 6.45) is 3.05. The zero-order chi connectivity index (χ0) is 33.9. The SMILES string of the molecule is COc1ccc(C(=O)Nc2ccc(C(=O)N(C)c3ccc(C)cc3OCCCCCC(=O)N3CCN(C)CC3)cc2OC)c(OC)c1.Cl. The van der Waals surface area contributed by atoms with Crippen molar-refractivity contribution in [2.75, 3.05) is 78.4 Å². The number of unbranched alkanes of at least 4 members (excludes halogenated alkanes) is 2. The number of piperazine rings is 1. The van der Waals surface area contributed by atoms with Crippen molar-refractivity contribution in [2.45, 2.75) is 32.6 Å². The number of amides is 3. The number of anilines is 2. The van der Waals surface area contributed by atoms with E-state index in [1.54, 1.807) is 48.3 Å². The van der Waals surface area contributed by atoms with E-state index in [2.05, 4.69) is 17.3 Å². The summed E-state index contributed by atoms with van der Waals surface area (Å²) in [7, 11) is 8.27. The van der Waals surface area contributed by atoms with Gasteiger partial charge in [0.25, 0.3) is 11.8 Å². The van der Waals surface area contributed by atoms with Crippen LogP contribution in [-0.4, -0.2) is 95.7 Å². The molecule has 1 saturated heterocycles. The van der Waals surface area contributed by atoms with Crippen LogP contribution in [0.3, 0.4) is 0 Å². The molecular formula is C36H47ClN4O7. The lowest BCUT2D eigenvalue weighted by Crippen LogP contribution is -2.47. The van der Waals surface area contributed by atoms with Gasteiger partial charge < -0.3 is 39.0 Å². The maximum Gasteiger partial charge on any atom is 0.259 e. The molecule has 3 aromatic carbocycles. The number of hydrogen-bond acceptors (Lipinski definition) is 8. The fraction of sp³-hybridized carbons (Fsp3) is 0.417. The van der Waals surface area contributed by atoms with Gasteiger partial charge in [0, 0.05) is 51.3 Å². The Bertz CT molecular complexity index is 1560. The molecule has 11 nitrogen and oxygen atoms in total. The molecule has 0 aromatic heterocycles. The van der Waals surface area contributed by atoms with Crippen molar-refractivity contribution in [2.24, 2.45) is 0 Å². The summed E-state index contributed by atoms with van der Waals surface area (Å²) < 4.78 is 22.3. The summed E-state index contributed by atoms with van der Waals surface area (Å²) in [6, 6.07) is 15.5. The van der Waals surface area contributed by atoms with Crippen LogP contribution in [0.1, 0.15) is 52.0 Å². The Labute approximate surface area is 289 Å². The highest BCUT2D eigenvalue weighted by Gasteiger charge is 2.22. The van der Waals surface area contributed by atoms with E-state index in [0.717, 1.165) is 51.0 Å². The molecule has 3 amide bonds. The molecule has 0 aliphatic carbocycles. The van der Waals surface area contributed by atoms with Crippen molar-refractivity contribution >= 4 is 41.5 Å². The molecule has 0 saturated carbocycles. The molecule has 260 valence electrons. The van der Waals surface area contributed by atoms with E-state index >= 15 is 0 Å².